The molecule has 0 atom stereocenters. The molecule has 21 heavy (non-hydrogen) atoms. The fourth-order valence-corrected chi connectivity index (χ4v) is 2.36. The quantitative estimate of drug-likeness (QED) is 0.653. The van der Waals surface area contributed by atoms with Crippen molar-refractivity contribution in [3.8, 4) is 0 Å². The maximum Gasteiger partial charge on any atom is 0.256 e. The van der Waals surface area contributed by atoms with Gasteiger partial charge in [0.1, 0.15) is 5.56 Å². The minimum Gasteiger partial charge on any atom is -0.398 e. The largest absolute Gasteiger partial charge is 0.398 e. The van der Waals surface area contributed by atoms with Crippen molar-refractivity contribution in [2.75, 3.05) is 12.3 Å². The number of aromatic nitrogens is 1. The second-order valence-corrected chi connectivity index (χ2v) is 5.01. The van der Waals surface area contributed by atoms with Crippen LogP contribution in [-0.2, 0) is 6.54 Å². The van der Waals surface area contributed by atoms with Crippen LogP contribution in [-0.4, -0.2) is 17.0 Å². The molecule has 0 radical (unpaired) electrons. The Bertz CT molecular complexity index is 719. The molecule has 0 bridgehead atoms. The molecule has 5 nitrogen and oxygen atoms in total. The highest BCUT2D eigenvalue weighted by atomic mass is 16.2. The van der Waals surface area contributed by atoms with Crippen molar-refractivity contribution in [1.29, 1.82) is 0 Å². The summed E-state index contributed by atoms with van der Waals surface area (Å²) in [6, 6.07) is 5.34. The molecule has 0 aliphatic carbocycles. The number of nitrogens with one attached hydrogen (secondary N) is 1. The molecular formula is C16H21N3O2. The summed E-state index contributed by atoms with van der Waals surface area (Å²) in [5.41, 5.74) is 6.94. The van der Waals surface area contributed by atoms with Crippen molar-refractivity contribution in [3.05, 3.63) is 40.2 Å². The number of nitrogens with two attached hydrogens (primary N) is 1. The number of nitrogens with zero attached hydrogens (tertiary/aromatic N) is 1. The molecule has 1 aromatic carbocycles. The van der Waals surface area contributed by atoms with Gasteiger partial charge in [0.15, 0.2) is 0 Å². The number of nitrogen functional groups attached to an aromatic ring is 1. The summed E-state index contributed by atoms with van der Waals surface area (Å²) >= 11 is 0. The zero-order chi connectivity index (χ0) is 15.4. The van der Waals surface area contributed by atoms with E-state index in [0.29, 0.717) is 24.2 Å². The number of fused-ring (bicyclic) bond motifs is 1. The van der Waals surface area contributed by atoms with Crippen molar-refractivity contribution >= 4 is 22.5 Å². The Kier molecular flexibility index (Phi) is 4.62. The maximum absolute atomic E-state index is 12.5. The van der Waals surface area contributed by atoms with Gasteiger partial charge in [-0.2, -0.15) is 0 Å². The van der Waals surface area contributed by atoms with Gasteiger partial charge in [0.2, 0.25) is 5.43 Å². The van der Waals surface area contributed by atoms with Crippen LogP contribution in [0.15, 0.2) is 29.2 Å². The first kappa shape index (κ1) is 15.1. The second-order valence-electron chi connectivity index (χ2n) is 5.01. The molecule has 0 saturated carbocycles. The predicted octanol–water partition coefficient (Wildman–Crippen LogP) is 2.13. The number of hydrogen-bond donors (Lipinski definition) is 2. The first-order valence-electron chi connectivity index (χ1n) is 7.30. The van der Waals surface area contributed by atoms with E-state index in [0.717, 1.165) is 18.4 Å². The van der Waals surface area contributed by atoms with Crippen LogP contribution in [0.5, 0.6) is 0 Å². The number of anilines is 1. The summed E-state index contributed by atoms with van der Waals surface area (Å²) in [4.78, 5) is 24.7. The van der Waals surface area contributed by atoms with Gasteiger partial charge in [0.05, 0.1) is 10.9 Å². The van der Waals surface area contributed by atoms with E-state index in [2.05, 4.69) is 5.32 Å². The van der Waals surface area contributed by atoms with E-state index in [1.165, 1.54) is 0 Å². The molecule has 0 aliphatic rings. The van der Waals surface area contributed by atoms with Crippen molar-refractivity contribution in [3.63, 3.8) is 0 Å². The lowest BCUT2D eigenvalue weighted by atomic mass is 10.1. The molecule has 1 aromatic heterocycles. The summed E-state index contributed by atoms with van der Waals surface area (Å²) < 4.78 is 1.88. The number of benzene rings is 1. The average Bonchev–Trinajstić information content (AvgIpc) is 2.48. The van der Waals surface area contributed by atoms with Gasteiger partial charge in [-0.1, -0.05) is 19.4 Å². The molecular weight excluding hydrogens is 266 g/mol. The van der Waals surface area contributed by atoms with E-state index < -0.39 is 0 Å². The Labute approximate surface area is 123 Å². The first-order valence-corrected chi connectivity index (χ1v) is 7.30. The zero-order valence-corrected chi connectivity index (χ0v) is 12.5. The number of aryl methyl sites for hydroxylation is 1. The smallest absolute Gasteiger partial charge is 0.256 e. The van der Waals surface area contributed by atoms with Crippen LogP contribution in [0.4, 0.5) is 5.69 Å². The van der Waals surface area contributed by atoms with Gasteiger partial charge in [-0.05, 0) is 25.5 Å². The fourth-order valence-electron chi connectivity index (χ4n) is 2.36. The van der Waals surface area contributed by atoms with Crippen molar-refractivity contribution in [1.82, 2.24) is 9.88 Å². The molecule has 0 spiro atoms. The molecule has 0 saturated heterocycles. The topological polar surface area (TPSA) is 77.1 Å². The summed E-state index contributed by atoms with van der Waals surface area (Å²) in [6.07, 6.45) is 3.50. The third kappa shape index (κ3) is 2.91. The fraction of sp³-hybridized carbons (Fsp3) is 0.375. The van der Waals surface area contributed by atoms with E-state index in [-0.39, 0.29) is 16.9 Å². The molecule has 5 heteroatoms. The van der Waals surface area contributed by atoms with Crippen LogP contribution in [0.2, 0.25) is 0 Å². The number of pyridine rings is 1. The molecule has 0 aliphatic heterocycles. The Hall–Kier alpha value is -2.30. The molecule has 0 unspecified atom stereocenters. The molecule has 1 heterocycles. The lowest BCUT2D eigenvalue weighted by Gasteiger charge is -2.12. The molecule has 1 amide bonds. The maximum atomic E-state index is 12.5. The van der Waals surface area contributed by atoms with Crippen LogP contribution < -0.4 is 16.5 Å². The number of carbonyl (C=O) groups excluding carboxylic acids is 1. The van der Waals surface area contributed by atoms with Crippen LogP contribution in [0.3, 0.4) is 0 Å². The third-order valence-electron chi connectivity index (χ3n) is 3.54. The normalized spacial score (nSPS) is 10.8. The number of unbranched alkanes of at least 4 members (excludes halogenated alkanes) is 1. The predicted molar refractivity (Wildman–Crippen MR) is 85.5 cm³/mol. The SMILES string of the molecule is CCCCNC(=O)c1cn(CC)c2cccc(N)c2c1=O. The van der Waals surface area contributed by atoms with Crippen LogP contribution >= 0.6 is 0 Å². The minimum absolute atomic E-state index is 0.151. The highest BCUT2D eigenvalue weighted by Gasteiger charge is 2.16. The number of rotatable bonds is 5. The second kappa shape index (κ2) is 6.43. The highest BCUT2D eigenvalue weighted by Crippen LogP contribution is 2.18. The minimum atomic E-state index is -0.333. The van der Waals surface area contributed by atoms with E-state index in [1.807, 2.05) is 30.5 Å². The Balaban J connectivity index is 2.55. The van der Waals surface area contributed by atoms with Crippen LogP contribution in [0.1, 0.15) is 37.0 Å². The van der Waals surface area contributed by atoms with Gasteiger partial charge in [-0.25, -0.2) is 0 Å². The Morgan fingerprint density at radius 1 is 1.33 bits per heavy atom. The van der Waals surface area contributed by atoms with Gasteiger partial charge in [-0.3, -0.25) is 9.59 Å². The standard InChI is InChI=1S/C16H21N3O2/c1-3-5-9-18-16(21)11-10-19(4-2)13-8-6-7-12(17)14(13)15(11)20/h6-8,10H,3-5,9,17H2,1-2H3,(H,18,21). The molecule has 2 aromatic rings. The van der Waals surface area contributed by atoms with Crippen molar-refractivity contribution in [2.24, 2.45) is 0 Å². The zero-order valence-electron chi connectivity index (χ0n) is 12.5. The van der Waals surface area contributed by atoms with Gasteiger partial charge in [-0.15, -0.1) is 0 Å². The van der Waals surface area contributed by atoms with E-state index in [9.17, 15) is 9.59 Å². The van der Waals surface area contributed by atoms with Crippen LogP contribution in [0.25, 0.3) is 10.9 Å². The van der Waals surface area contributed by atoms with Gasteiger partial charge in [0.25, 0.3) is 5.91 Å². The van der Waals surface area contributed by atoms with Gasteiger partial charge < -0.3 is 15.6 Å². The summed E-state index contributed by atoms with van der Waals surface area (Å²) in [6.45, 7) is 5.25. The molecule has 2 rings (SSSR count). The lowest BCUT2D eigenvalue weighted by Crippen LogP contribution is -2.30. The Morgan fingerprint density at radius 3 is 2.76 bits per heavy atom. The number of amides is 1. The third-order valence-corrected chi connectivity index (χ3v) is 3.54. The first-order chi connectivity index (χ1) is 10.1. The van der Waals surface area contributed by atoms with E-state index >= 15 is 0 Å². The van der Waals surface area contributed by atoms with Crippen molar-refractivity contribution in [2.45, 2.75) is 33.2 Å². The number of carbonyl (C=O) groups is 1. The van der Waals surface area contributed by atoms with Gasteiger partial charge >= 0.3 is 0 Å². The molecule has 112 valence electrons. The monoisotopic (exact) mass is 287 g/mol. The summed E-state index contributed by atoms with van der Waals surface area (Å²) in [5.74, 6) is -0.333. The van der Waals surface area contributed by atoms with Crippen molar-refractivity contribution < 1.29 is 4.79 Å². The Morgan fingerprint density at radius 2 is 2.10 bits per heavy atom. The van der Waals surface area contributed by atoms with Gasteiger partial charge in [0, 0.05) is 25.0 Å². The number of hydrogen-bond acceptors (Lipinski definition) is 3. The van der Waals surface area contributed by atoms with E-state index in [4.69, 9.17) is 5.73 Å². The summed E-state index contributed by atoms with van der Waals surface area (Å²) in [5, 5.41) is 3.20. The molecule has 3 N–H and O–H groups in total. The lowest BCUT2D eigenvalue weighted by molar-refractivity contribution is 0.0951. The average molecular weight is 287 g/mol. The summed E-state index contributed by atoms with van der Waals surface area (Å²) in [7, 11) is 0. The molecule has 0 fully saturated rings. The van der Waals surface area contributed by atoms with Crippen LogP contribution in [0, 0.1) is 0 Å². The van der Waals surface area contributed by atoms with E-state index in [1.54, 1.807) is 12.3 Å². The highest BCUT2D eigenvalue weighted by molar-refractivity contribution is 6.00.